The van der Waals surface area contributed by atoms with E-state index in [4.69, 9.17) is 4.18 Å². The minimum Gasteiger partial charge on any atom is -0.387 e. The maximum Gasteiger partial charge on any atom is 0.338 e. The first-order valence-corrected chi connectivity index (χ1v) is 7.61. The largest absolute Gasteiger partial charge is 0.387 e. The summed E-state index contributed by atoms with van der Waals surface area (Å²) in [6.07, 6.45) is 2.81. The van der Waals surface area contributed by atoms with Gasteiger partial charge in [0.25, 0.3) is 0 Å². The van der Waals surface area contributed by atoms with Crippen LogP contribution in [0.4, 0.5) is 0 Å². The molecule has 2 aromatic carbocycles. The van der Waals surface area contributed by atoms with Crippen LogP contribution >= 0.6 is 0 Å². The minimum atomic E-state index is -3.74. The first kappa shape index (κ1) is 14.3. The van der Waals surface area contributed by atoms with Crippen molar-refractivity contribution in [2.75, 3.05) is 0 Å². The zero-order valence-electron chi connectivity index (χ0n) is 11.4. The Morgan fingerprint density at radius 3 is 1.90 bits per heavy atom. The van der Waals surface area contributed by atoms with Crippen LogP contribution in [0.25, 0.3) is 6.08 Å². The van der Waals surface area contributed by atoms with Gasteiger partial charge in [-0.25, -0.2) is 0 Å². The summed E-state index contributed by atoms with van der Waals surface area (Å²) in [7, 11) is -3.74. The molecule has 0 bridgehead atoms. The lowest BCUT2D eigenvalue weighted by molar-refractivity contribution is 0.446. The fourth-order valence-corrected chi connectivity index (χ4v) is 2.40. The Labute approximate surface area is 119 Å². The maximum atomic E-state index is 11.9. The van der Waals surface area contributed by atoms with Crippen LogP contribution in [0.3, 0.4) is 0 Å². The summed E-state index contributed by atoms with van der Waals surface area (Å²) in [6.45, 7) is 3.89. The van der Waals surface area contributed by atoms with E-state index in [2.05, 4.69) is 0 Å². The molecule has 3 nitrogen and oxygen atoms in total. The van der Waals surface area contributed by atoms with Crippen molar-refractivity contribution in [3.63, 3.8) is 0 Å². The molecule has 0 aliphatic heterocycles. The fraction of sp³-hybridized carbons (Fsp3) is 0.125. The predicted octanol–water partition coefficient (Wildman–Crippen LogP) is 3.68. The summed E-state index contributed by atoms with van der Waals surface area (Å²) in [4.78, 5) is 0.150. The highest BCUT2D eigenvalue weighted by Gasteiger charge is 2.13. The summed E-state index contributed by atoms with van der Waals surface area (Å²) in [5, 5.41) is 0. The standard InChI is InChI=1S/C16H16O3S/c1-13-3-7-15(8-4-13)11-12-19-20(17,18)16-9-5-14(2)6-10-16/h3-12H,1-2H3. The molecule has 0 saturated heterocycles. The van der Waals surface area contributed by atoms with E-state index in [0.29, 0.717) is 0 Å². The van der Waals surface area contributed by atoms with E-state index in [9.17, 15) is 8.42 Å². The number of benzene rings is 2. The van der Waals surface area contributed by atoms with E-state index >= 15 is 0 Å². The van der Waals surface area contributed by atoms with Gasteiger partial charge in [-0.3, -0.25) is 0 Å². The van der Waals surface area contributed by atoms with Gasteiger partial charge in [0.1, 0.15) is 11.2 Å². The number of rotatable bonds is 4. The number of hydrogen-bond acceptors (Lipinski definition) is 3. The molecule has 0 heterocycles. The monoisotopic (exact) mass is 288 g/mol. The van der Waals surface area contributed by atoms with E-state index in [1.165, 1.54) is 18.4 Å². The molecule has 0 aromatic heterocycles. The molecule has 0 radical (unpaired) electrons. The Hall–Kier alpha value is -2.07. The molecule has 0 amide bonds. The molecule has 2 rings (SSSR count). The average molecular weight is 288 g/mol. The second kappa shape index (κ2) is 5.92. The van der Waals surface area contributed by atoms with Crippen LogP contribution in [0.2, 0.25) is 0 Å². The Bertz CT molecular complexity index is 696. The van der Waals surface area contributed by atoms with Gasteiger partial charge in [-0.1, -0.05) is 47.5 Å². The van der Waals surface area contributed by atoms with Crippen molar-refractivity contribution in [1.29, 1.82) is 0 Å². The normalized spacial score (nSPS) is 11.7. The second-order valence-electron chi connectivity index (χ2n) is 4.58. The molecule has 0 N–H and O–H groups in total. The van der Waals surface area contributed by atoms with Crippen LogP contribution in [0, 0.1) is 13.8 Å². The smallest absolute Gasteiger partial charge is 0.338 e. The quantitative estimate of drug-likeness (QED) is 0.636. The van der Waals surface area contributed by atoms with Crippen LogP contribution in [0.1, 0.15) is 16.7 Å². The van der Waals surface area contributed by atoms with Crippen molar-refractivity contribution in [2.24, 2.45) is 0 Å². The van der Waals surface area contributed by atoms with Crippen LogP contribution in [-0.4, -0.2) is 8.42 Å². The van der Waals surface area contributed by atoms with Crippen molar-refractivity contribution < 1.29 is 12.6 Å². The molecule has 0 unspecified atom stereocenters. The van der Waals surface area contributed by atoms with Gasteiger partial charge in [-0.15, -0.1) is 0 Å². The lowest BCUT2D eigenvalue weighted by Crippen LogP contribution is -2.01. The maximum absolute atomic E-state index is 11.9. The Morgan fingerprint density at radius 2 is 1.35 bits per heavy atom. The summed E-state index contributed by atoms with van der Waals surface area (Å²) >= 11 is 0. The van der Waals surface area contributed by atoms with Crippen molar-refractivity contribution in [3.8, 4) is 0 Å². The Morgan fingerprint density at radius 1 is 0.850 bits per heavy atom. The third-order valence-electron chi connectivity index (χ3n) is 2.83. The fourth-order valence-electron chi connectivity index (χ4n) is 1.62. The SMILES string of the molecule is Cc1ccc(C=COS(=O)(=O)c2ccc(C)cc2)cc1. The molecular weight excluding hydrogens is 272 g/mol. The van der Waals surface area contributed by atoms with E-state index in [1.807, 2.05) is 38.1 Å². The highest BCUT2D eigenvalue weighted by molar-refractivity contribution is 7.86. The predicted molar refractivity (Wildman–Crippen MR) is 79.7 cm³/mol. The van der Waals surface area contributed by atoms with Gasteiger partial charge in [0.15, 0.2) is 0 Å². The molecule has 0 saturated carbocycles. The zero-order valence-corrected chi connectivity index (χ0v) is 12.2. The lowest BCUT2D eigenvalue weighted by atomic mass is 10.1. The first-order valence-electron chi connectivity index (χ1n) is 6.20. The van der Waals surface area contributed by atoms with Gasteiger partial charge >= 0.3 is 10.1 Å². The van der Waals surface area contributed by atoms with Gasteiger partial charge in [0.05, 0.1) is 0 Å². The van der Waals surface area contributed by atoms with Gasteiger partial charge in [-0.05, 0) is 37.6 Å². The third kappa shape index (κ3) is 3.71. The van der Waals surface area contributed by atoms with E-state index in [0.717, 1.165) is 16.7 Å². The topological polar surface area (TPSA) is 43.4 Å². The van der Waals surface area contributed by atoms with Crippen LogP contribution < -0.4 is 0 Å². The third-order valence-corrected chi connectivity index (χ3v) is 4.04. The summed E-state index contributed by atoms with van der Waals surface area (Å²) in [5.41, 5.74) is 3.03. The number of hydrogen-bond donors (Lipinski definition) is 0. The second-order valence-corrected chi connectivity index (χ2v) is 6.15. The molecule has 4 heteroatoms. The average Bonchev–Trinajstić information content (AvgIpc) is 2.41. The van der Waals surface area contributed by atoms with Crippen molar-refractivity contribution in [2.45, 2.75) is 18.7 Å². The summed E-state index contributed by atoms with van der Waals surface area (Å²) < 4.78 is 28.7. The Balaban J connectivity index is 2.09. The van der Waals surface area contributed by atoms with Crippen molar-refractivity contribution in [1.82, 2.24) is 0 Å². The van der Waals surface area contributed by atoms with Gasteiger partial charge in [0, 0.05) is 0 Å². The molecule has 104 valence electrons. The molecular formula is C16H16O3S. The van der Waals surface area contributed by atoms with E-state index in [1.54, 1.807) is 18.2 Å². The lowest BCUT2D eigenvalue weighted by Gasteiger charge is -2.03. The van der Waals surface area contributed by atoms with Crippen LogP contribution in [0.5, 0.6) is 0 Å². The van der Waals surface area contributed by atoms with E-state index in [-0.39, 0.29) is 4.90 Å². The molecule has 0 aliphatic rings. The van der Waals surface area contributed by atoms with Gasteiger partial charge in [-0.2, -0.15) is 8.42 Å². The molecule has 0 spiro atoms. The Kier molecular flexibility index (Phi) is 4.25. The zero-order chi connectivity index (χ0) is 14.6. The molecule has 20 heavy (non-hydrogen) atoms. The molecule has 0 atom stereocenters. The van der Waals surface area contributed by atoms with Crippen LogP contribution in [0.15, 0.2) is 59.7 Å². The summed E-state index contributed by atoms with van der Waals surface area (Å²) in [5.74, 6) is 0. The van der Waals surface area contributed by atoms with Gasteiger partial charge in [0.2, 0.25) is 0 Å². The molecule has 0 aliphatic carbocycles. The van der Waals surface area contributed by atoms with Crippen molar-refractivity contribution in [3.05, 3.63) is 71.5 Å². The first-order chi connectivity index (χ1) is 9.47. The van der Waals surface area contributed by atoms with E-state index < -0.39 is 10.1 Å². The highest BCUT2D eigenvalue weighted by atomic mass is 32.2. The van der Waals surface area contributed by atoms with Gasteiger partial charge < -0.3 is 4.18 Å². The summed E-state index contributed by atoms with van der Waals surface area (Å²) in [6, 6.07) is 14.2. The minimum absolute atomic E-state index is 0.150. The van der Waals surface area contributed by atoms with Crippen LogP contribution in [-0.2, 0) is 14.3 Å². The molecule has 0 fully saturated rings. The molecule has 2 aromatic rings. The van der Waals surface area contributed by atoms with Crippen molar-refractivity contribution >= 4 is 16.2 Å². The number of aryl methyl sites for hydroxylation is 2. The highest BCUT2D eigenvalue weighted by Crippen LogP contribution is 2.14.